The average molecular weight is 299 g/mol. The molecule has 0 aliphatic carbocycles. The molecule has 0 atom stereocenters. The van der Waals surface area contributed by atoms with E-state index in [9.17, 15) is 9.59 Å². The van der Waals surface area contributed by atoms with Crippen molar-refractivity contribution >= 4 is 12.0 Å². The number of piperazine rings is 1. The lowest BCUT2D eigenvalue weighted by atomic mass is 10.1. The minimum atomic E-state index is -0.754. The number of rotatable bonds is 6. The smallest absolute Gasteiger partial charge is 0.317 e. The van der Waals surface area contributed by atoms with Crippen LogP contribution in [-0.2, 0) is 4.79 Å². The number of carboxylic acid groups (broad SMARTS) is 1. The molecule has 0 spiro atoms. The van der Waals surface area contributed by atoms with Gasteiger partial charge in [-0.05, 0) is 33.6 Å². The molecule has 0 aromatic carbocycles. The van der Waals surface area contributed by atoms with Crippen LogP contribution in [0, 0.1) is 0 Å². The summed E-state index contributed by atoms with van der Waals surface area (Å²) in [5.74, 6) is -0.754. The monoisotopic (exact) mass is 299 g/mol. The number of carbonyl (C=O) groups excluding carboxylic acids is 1. The molecule has 122 valence electrons. The zero-order valence-corrected chi connectivity index (χ0v) is 13.5. The number of carboxylic acids is 1. The van der Waals surface area contributed by atoms with E-state index in [1.165, 1.54) is 0 Å². The Bertz CT molecular complexity index is 345. The highest BCUT2D eigenvalue weighted by Crippen LogP contribution is 2.15. The zero-order chi connectivity index (χ0) is 15.9. The lowest BCUT2D eigenvalue weighted by Gasteiger charge is -2.42. The highest BCUT2D eigenvalue weighted by molar-refractivity contribution is 5.74. The normalized spacial score (nSPS) is 16.8. The third-order valence-corrected chi connectivity index (χ3v) is 3.86. The highest BCUT2D eigenvalue weighted by atomic mass is 16.4. The van der Waals surface area contributed by atoms with E-state index >= 15 is 0 Å². The number of hydrogen-bond donors (Lipinski definition) is 2. The van der Waals surface area contributed by atoms with Crippen LogP contribution >= 0.6 is 0 Å². The van der Waals surface area contributed by atoms with Crippen molar-refractivity contribution < 1.29 is 14.7 Å². The molecular weight excluding hydrogens is 270 g/mol. The Balaban J connectivity index is 2.13. The molecule has 1 fully saturated rings. The Morgan fingerprint density at radius 2 is 1.67 bits per heavy atom. The van der Waals surface area contributed by atoms with Gasteiger partial charge in [0, 0.05) is 44.7 Å². The van der Waals surface area contributed by atoms with Crippen LogP contribution < -0.4 is 5.32 Å². The Morgan fingerprint density at radius 3 is 2.19 bits per heavy atom. The molecule has 0 bridgehead atoms. The zero-order valence-electron chi connectivity index (χ0n) is 13.5. The van der Waals surface area contributed by atoms with Crippen LogP contribution in [-0.4, -0.2) is 65.2 Å². The number of carbonyl (C=O) groups is 2. The largest absolute Gasteiger partial charge is 0.481 e. The number of unbranched alkanes of at least 4 members (excludes halogenated alkanes) is 2. The topological polar surface area (TPSA) is 72.9 Å². The van der Waals surface area contributed by atoms with Crippen LogP contribution in [0.3, 0.4) is 0 Å². The van der Waals surface area contributed by atoms with Gasteiger partial charge in [0.05, 0.1) is 0 Å². The molecule has 2 amide bonds. The van der Waals surface area contributed by atoms with Crippen LogP contribution in [0.5, 0.6) is 0 Å². The molecule has 1 heterocycles. The van der Waals surface area contributed by atoms with E-state index in [0.29, 0.717) is 13.0 Å². The number of amides is 2. The quantitative estimate of drug-likeness (QED) is 0.733. The average Bonchev–Trinajstić information content (AvgIpc) is 2.41. The maximum atomic E-state index is 12.0. The summed E-state index contributed by atoms with van der Waals surface area (Å²) < 4.78 is 0. The second-order valence-electron chi connectivity index (χ2n) is 6.58. The minimum Gasteiger partial charge on any atom is -0.481 e. The first-order chi connectivity index (χ1) is 9.80. The fourth-order valence-corrected chi connectivity index (χ4v) is 2.47. The van der Waals surface area contributed by atoms with Crippen molar-refractivity contribution in [1.29, 1.82) is 0 Å². The first-order valence-corrected chi connectivity index (χ1v) is 7.80. The molecule has 0 radical (unpaired) electrons. The van der Waals surface area contributed by atoms with E-state index in [1.54, 1.807) is 0 Å². The van der Waals surface area contributed by atoms with Crippen molar-refractivity contribution in [3.63, 3.8) is 0 Å². The second kappa shape index (κ2) is 8.22. The summed E-state index contributed by atoms with van der Waals surface area (Å²) in [4.78, 5) is 26.6. The van der Waals surface area contributed by atoms with Gasteiger partial charge in [0.15, 0.2) is 0 Å². The van der Waals surface area contributed by atoms with E-state index in [-0.39, 0.29) is 18.0 Å². The van der Waals surface area contributed by atoms with Crippen molar-refractivity contribution in [2.75, 3.05) is 32.7 Å². The molecule has 1 rings (SSSR count). The molecular formula is C15H29N3O3. The van der Waals surface area contributed by atoms with Gasteiger partial charge in [0.2, 0.25) is 0 Å². The summed E-state index contributed by atoms with van der Waals surface area (Å²) in [5, 5.41) is 11.4. The Morgan fingerprint density at radius 1 is 1.05 bits per heavy atom. The molecule has 1 aliphatic rings. The molecule has 0 unspecified atom stereocenters. The molecule has 0 aromatic rings. The minimum absolute atomic E-state index is 0.00166. The maximum Gasteiger partial charge on any atom is 0.317 e. The molecule has 1 aliphatic heterocycles. The van der Waals surface area contributed by atoms with E-state index in [0.717, 1.165) is 39.0 Å². The fraction of sp³-hybridized carbons (Fsp3) is 0.867. The lowest BCUT2D eigenvalue weighted by Crippen LogP contribution is -2.56. The second-order valence-corrected chi connectivity index (χ2v) is 6.58. The highest BCUT2D eigenvalue weighted by Gasteiger charge is 2.27. The SMILES string of the molecule is CC(C)(C)N1CCN(C(=O)NCCCCCC(=O)O)CC1. The number of nitrogens with one attached hydrogen (secondary N) is 1. The van der Waals surface area contributed by atoms with Crippen molar-refractivity contribution in [2.45, 2.75) is 52.0 Å². The predicted octanol–water partition coefficient (Wildman–Crippen LogP) is 1.76. The molecule has 1 saturated heterocycles. The fourth-order valence-electron chi connectivity index (χ4n) is 2.47. The number of nitrogens with zero attached hydrogens (tertiary/aromatic N) is 2. The van der Waals surface area contributed by atoms with Crippen LogP contribution in [0.1, 0.15) is 46.5 Å². The van der Waals surface area contributed by atoms with Gasteiger partial charge >= 0.3 is 12.0 Å². The van der Waals surface area contributed by atoms with Crippen LogP contribution in [0.25, 0.3) is 0 Å². The summed E-state index contributed by atoms with van der Waals surface area (Å²) in [5.41, 5.74) is 0.159. The summed E-state index contributed by atoms with van der Waals surface area (Å²) in [7, 11) is 0. The van der Waals surface area contributed by atoms with Crippen LogP contribution in [0.4, 0.5) is 4.79 Å². The Hall–Kier alpha value is -1.30. The summed E-state index contributed by atoms with van der Waals surface area (Å²) >= 11 is 0. The Kier molecular flexibility index (Phi) is 6.95. The van der Waals surface area contributed by atoms with Crippen molar-refractivity contribution in [1.82, 2.24) is 15.1 Å². The van der Waals surface area contributed by atoms with Crippen molar-refractivity contribution in [3.8, 4) is 0 Å². The van der Waals surface area contributed by atoms with Gasteiger partial charge in [-0.1, -0.05) is 6.42 Å². The van der Waals surface area contributed by atoms with Gasteiger partial charge in [-0.3, -0.25) is 9.69 Å². The molecule has 0 saturated carbocycles. The predicted molar refractivity (Wildman–Crippen MR) is 82.4 cm³/mol. The van der Waals surface area contributed by atoms with Crippen LogP contribution in [0.2, 0.25) is 0 Å². The lowest BCUT2D eigenvalue weighted by molar-refractivity contribution is -0.137. The van der Waals surface area contributed by atoms with Crippen LogP contribution in [0.15, 0.2) is 0 Å². The van der Waals surface area contributed by atoms with Gasteiger partial charge in [-0.25, -0.2) is 4.79 Å². The van der Waals surface area contributed by atoms with Gasteiger partial charge in [0.1, 0.15) is 0 Å². The first-order valence-electron chi connectivity index (χ1n) is 7.80. The third-order valence-electron chi connectivity index (χ3n) is 3.86. The third kappa shape index (κ3) is 6.80. The van der Waals surface area contributed by atoms with Gasteiger partial charge in [0.25, 0.3) is 0 Å². The summed E-state index contributed by atoms with van der Waals surface area (Å²) in [6, 6.07) is 0.00166. The summed E-state index contributed by atoms with van der Waals surface area (Å²) in [6.45, 7) is 10.6. The molecule has 6 heteroatoms. The maximum absolute atomic E-state index is 12.0. The van der Waals surface area contributed by atoms with Crippen molar-refractivity contribution in [3.05, 3.63) is 0 Å². The number of hydrogen-bond acceptors (Lipinski definition) is 3. The van der Waals surface area contributed by atoms with Gasteiger partial charge in [-0.2, -0.15) is 0 Å². The van der Waals surface area contributed by atoms with E-state index in [4.69, 9.17) is 5.11 Å². The number of aliphatic carboxylic acids is 1. The van der Waals surface area contributed by atoms with Gasteiger partial charge < -0.3 is 15.3 Å². The molecule has 0 aromatic heterocycles. The van der Waals surface area contributed by atoms with Gasteiger partial charge in [-0.15, -0.1) is 0 Å². The van der Waals surface area contributed by atoms with E-state index < -0.39 is 5.97 Å². The number of urea groups is 1. The Labute approximate surface area is 127 Å². The van der Waals surface area contributed by atoms with Crippen molar-refractivity contribution in [2.24, 2.45) is 0 Å². The van der Waals surface area contributed by atoms with E-state index in [1.807, 2.05) is 4.90 Å². The van der Waals surface area contributed by atoms with E-state index in [2.05, 4.69) is 31.0 Å². The standard InChI is InChI=1S/C15H29N3O3/c1-15(2,3)18-11-9-17(10-12-18)14(21)16-8-6-4-5-7-13(19)20/h4-12H2,1-3H3,(H,16,21)(H,19,20). The first kappa shape index (κ1) is 17.8. The molecule has 2 N–H and O–H groups in total. The summed E-state index contributed by atoms with van der Waals surface area (Å²) in [6.07, 6.45) is 2.56. The molecule has 6 nitrogen and oxygen atoms in total. The molecule has 21 heavy (non-hydrogen) atoms.